The van der Waals surface area contributed by atoms with Gasteiger partial charge in [-0.05, 0) is 6.42 Å². The maximum Gasteiger partial charge on any atom is 0.326 e. The molecule has 0 radical (unpaired) electrons. The molecular formula is C12H17N3O4. The zero-order valence-corrected chi connectivity index (χ0v) is 10.9. The van der Waals surface area contributed by atoms with E-state index in [1.165, 1.54) is 9.58 Å². The summed E-state index contributed by atoms with van der Waals surface area (Å²) in [5.74, 6) is -1.47. The summed E-state index contributed by atoms with van der Waals surface area (Å²) in [6.07, 6.45) is 1.47. The molecule has 0 saturated carbocycles. The number of carbonyl (C=O) groups excluding carboxylic acids is 1. The van der Waals surface area contributed by atoms with Crippen LogP contribution in [0.1, 0.15) is 29.4 Å². The summed E-state index contributed by atoms with van der Waals surface area (Å²) in [4.78, 5) is 24.7. The number of aliphatic hydroxyl groups is 1. The number of carbonyl (C=O) groups is 2. The maximum absolute atomic E-state index is 12.4. The molecule has 19 heavy (non-hydrogen) atoms. The zero-order valence-electron chi connectivity index (χ0n) is 10.9. The molecule has 1 saturated heterocycles. The molecule has 1 aliphatic heterocycles. The van der Waals surface area contributed by atoms with Crippen molar-refractivity contribution in [2.45, 2.75) is 31.9 Å². The molecule has 2 atom stereocenters. The van der Waals surface area contributed by atoms with E-state index in [0.717, 1.165) is 0 Å². The number of aromatic nitrogens is 2. The lowest BCUT2D eigenvalue weighted by atomic mass is 10.1. The molecule has 2 N–H and O–H groups in total. The Labute approximate surface area is 110 Å². The molecular weight excluding hydrogens is 250 g/mol. The second-order valence-electron chi connectivity index (χ2n) is 4.72. The molecule has 1 fully saturated rings. The molecule has 2 rings (SSSR count). The number of carboxylic acids is 1. The molecule has 0 spiro atoms. The topological polar surface area (TPSA) is 95.7 Å². The van der Waals surface area contributed by atoms with Gasteiger partial charge in [0.1, 0.15) is 6.04 Å². The fourth-order valence-electron chi connectivity index (χ4n) is 2.40. The fraction of sp³-hybridized carbons (Fsp3) is 0.583. The van der Waals surface area contributed by atoms with Crippen LogP contribution < -0.4 is 0 Å². The Morgan fingerprint density at radius 2 is 2.21 bits per heavy atom. The van der Waals surface area contributed by atoms with Crippen LogP contribution in [0.15, 0.2) is 6.20 Å². The highest BCUT2D eigenvalue weighted by molar-refractivity contribution is 5.97. The first-order valence-corrected chi connectivity index (χ1v) is 6.18. The van der Waals surface area contributed by atoms with Crippen LogP contribution in [-0.2, 0) is 18.3 Å². The number of aliphatic carboxylic acids is 1. The second kappa shape index (κ2) is 5.00. The maximum atomic E-state index is 12.4. The van der Waals surface area contributed by atoms with Gasteiger partial charge >= 0.3 is 5.97 Å². The first kappa shape index (κ1) is 13.5. The largest absolute Gasteiger partial charge is 0.480 e. The van der Waals surface area contributed by atoms with E-state index in [9.17, 15) is 14.7 Å². The number of carboxylic acid groups (broad SMARTS) is 1. The second-order valence-corrected chi connectivity index (χ2v) is 4.72. The molecule has 2 heterocycles. The van der Waals surface area contributed by atoms with Crippen LogP contribution in [0.5, 0.6) is 0 Å². The third kappa shape index (κ3) is 2.46. The molecule has 1 unspecified atom stereocenters. The van der Waals surface area contributed by atoms with Crippen LogP contribution in [0.3, 0.4) is 0 Å². The van der Waals surface area contributed by atoms with Crippen molar-refractivity contribution < 1.29 is 19.8 Å². The summed E-state index contributed by atoms with van der Waals surface area (Å²) in [6.45, 7) is 1.93. The Bertz CT molecular complexity index is 511. The van der Waals surface area contributed by atoms with Crippen molar-refractivity contribution in [3.63, 3.8) is 0 Å². The summed E-state index contributed by atoms with van der Waals surface area (Å²) in [5, 5.41) is 22.8. The van der Waals surface area contributed by atoms with Crippen LogP contribution >= 0.6 is 0 Å². The van der Waals surface area contributed by atoms with Gasteiger partial charge in [-0.3, -0.25) is 9.48 Å². The number of aliphatic hydroxyl groups excluding tert-OH is 1. The Hall–Kier alpha value is -1.89. The molecule has 1 aliphatic rings. The predicted octanol–water partition coefficient (Wildman–Crippen LogP) is -0.357. The van der Waals surface area contributed by atoms with Crippen molar-refractivity contribution >= 4 is 11.9 Å². The van der Waals surface area contributed by atoms with Crippen molar-refractivity contribution in [2.24, 2.45) is 7.05 Å². The molecule has 1 aromatic heterocycles. The van der Waals surface area contributed by atoms with Gasteiger partial charge in [-0.25, -0.2) is 4.79 Å². The van der Waals surface area contributed by atoms with Crippen molar-refractivity contribution in [3.05, 3.63) is 17.5 Å². The lowest BCUT2D eigenvalue weighted by Gasteiger charge is -2.20. The molecule has 7 nitrogen and oxygen atoms in total. The Balaban J connectivity index is 2.30. The van der Waals surface area contributed by atoms with Crippen molar-refractivity contribution in [3.8, 4) is 0 Å². The number of hydrogen-bond donors (Lipinski definition) is 2. The van der Waals surface area contributed by atoms with Gasteiger partial charge in [0.25, 0.3) is 5.91 Å². The lowest BCUT2D eigenvalue weighted by molar-refractivity contribution is -0.141. The average Bonchev–Trinajstić information content (AvgIpc) is 2.91. The molecule has 1 amide bonds. The summed E-state index contributed by atoms with van der Waals surface area (Å²) in [6, 6.07) is -0.965. The molecule has 1 aromatic rings. The third-order valence-corrected chi connectivity index (χ3v) is 3.30. The standard InChI is InChI=1S/C12H17N3O4/c1-3-9-8(6-14(2)13-9)11(17)15-5-7(16)4-10(15)12(18)19/h6-7,10,16H,3-5H2,1-2H3,(H,18,19)/t7?,10-/m0/s1. The average molecular weight is 267 g/mol. The number of rotatable bonds is 3. The highest BCUT2D eigenvalue weighted by Gasteiger charge is 2.40. The zero-order chi connectivity index (χ0) is 14.2. The SMILES string of the molecule is CCc1nn(C)cc1C(=O)N1CC(O)C[C@H]1C(=O)O. The van der Waals surface area contributed by atoms with Crippen molar-refractivity contribution in [1.82, 2.24) is 14.7 Å². The number of nitrogens with zero attached hydrogens (tertiary/aromatic N) is 3. The van der Waals surface area contributed by atoms with Gasteiger partial charge in [0.15, 0.2) is 0 Å². The van der Waals surface area contributed by atoms with E-state index in [-0.39, 0.29) is 18.9 Å². The van der Waals surface area contributed by atoms with E-state index in [1.807, 2.05) is 6.92 Å². The molecule has 7 heteroatoms. The molecule has 0 aliphatic carbocycles. The minimum Gasteiger partial charge on any atom is -0.480 e. The van der Waals surface area contributed by atoms with Crippen LogP contribution in [0.25, 0.3) is 0 Å². The van der Waals surface area contributed by atoms with Crippen molar-refractivity contribution in [1.29, 1.82) is 0 Å². The normalized spacial score (nSPS) is 22.8. The highest BCUT2D eigenvalue weighted by Crippen LogP contribution is 2.22. The first-order valence-electron chi connectivity index (χ1n) is 6.18. The van der Waals surface area contributed by atoms with Gasteiger partial charge in [-0.1, -0.05) is 6.92 Å². The van der Waals surface area contributed by atoms with E-state index in [2.05, 4.69) is 5.10 Å². The smallest absolute Gasteiger partial charge is 0.326 e. The third-order valence-electron chi connectivity index (χ3n) is 3.30. The van der Waals surface area contributed by atoms with E-state index in [4.69, 9.17) is 5.11 Å². The number of amides is 1. The molecule has 104 valence electrons. The van der Waals surface area contributed by atoms with E-state index in [1.54, 1.807) is 13.2 Å². The summed E-state index contributed by atoms with van der Waals surface area (Å²) in [5.41, 5.74) is 1.04. The monoisotopic (exact) mass is 267 g/mol. The van der Waals surface area contributed by atoms with Gasteiger partial charge in [-0.2, -0.15) is 5.10 Å². The highest BCUT2D eigenvalue weighted by atomic mass is 16.4. The van der Waals surface area contributed by atoms with Gasteiger partial charge in [0.05, 0.1) is 17.4 Å². The van der Waals surface area contributed by atoms with Gasteiger partial charge in [-0.15, -0.1) is 0 Å². The fourth-order valence-corrected chi connectivity index (χ4v) is 2.40. The number of β-amino-alcohol motifs (C(OH)–C–C–N with tert-alkyl or cyclic N) is 1. The van der Waals surface area contributed by atoms with Gasteiger partial charge in [0.2, 0.25) is 0 Å². The quantitative estimate of drug-likeness (QED) is 0.780. The molecule has 0 bridgehead atoms. The minimum atomic E-state index is -1.09. The molecule has 0 aromatic carbocycles. The summed E-state index contributed by atoms with van der Waals surface area (Å²) >= 11 is 0. The van der Waals surface area contributed by atoms with Crippen LogP contribution in [0, 0.1) is 0 Å². The first-order chi connectivity index (χ1) is 8.93. The van der Waals surface area contributed by atoms with E-state index >= 15 is 0 Å². The van der Waals surface area contributed by atoms with Crippen molar-refractivity contribution in [2.75, 3.05) is 6.54 Å². The summed E-state index contributed by atoms with van der Waals surface area (Å²) in [7, 11) is 1.71. The Morgan fingerprint density at radius 3 is 2.79 bits per heavy atom. The number of likely N-dealkylation sites (tertiary alicyclic amines) is 1. The summed E-state index contributed by atoms with van der Waals surface area (Å²) < 4.78 is 1.54. The van der Waals surface area contributed by atoms with Gasteiger partial charge in [0, 0.05) is 26.2 Å². The van der Waals surface area contributed by atoms with E-state index in [0.29, 0.717) is 17.7 Å². The lowest BCUT2D eigenvalue weighted by Crippen LogP contribution is -2.40. The number of aryl methyl sites for hydroxylation is 2. The Kier molecular flexibility index (Phi) is 3.57. The van der Waals surface area contributed by atoms with Crippen LogP contribution in [0.4, 0.5) is 0 Å². The van der Waals surface area contributed by atoms with E-state index < -0.39 is 18.1 Å². The van der Waals surface area contributed by atoms with Crippen LogP contribution in [-0.4, -0.2) is 55.5 Å². The Morgan fingerprint density at radius 1 is 1.53 bits per heavy atom. The van der Waals surface area contributed by atoms with Gasteiger partial charge < -0.3 is 15.1 Å². The predicted molar refractivity (Wildman–Crippen MR) is 65.7 cm³/mol. The number of hydrogen-bond acceptors (Lipinski definition) is 4. The minimum absolute atomic E-state index is 0.0495. The van der Waals surface area contributed by atoms with Crippen LogP contribution in [0.2, 0.25) is 0 Å².